The van der Waals surface area contributed by atoms with Gasteiger partial charge in [-0.2, -0.15) is 0 Å². The van der Waals surface area contributed by atoms with Crippen LogP contribution in [0.2, 0.25) is 0 Å². The molecule has 0 saturated carbocycles. The van der Waals surface area contributed by atoms with Gasteiger partial charge in [0.1, 0.15) is 6.29 Å². The molecule has 0 saturated heterocycles. The summed E-state index contributed by atoms with van der Waals surface area (Å²) in [6.07, 6.45) is 6.09. The van der Waals surface area contributed by atoms with Crippen molar-refractivity contribution in [2.45, 2.75) is 87.0 Å². The SMILES string of the molecule is CCCC1=C(C)c2cc3[nH]c(cc4nc(cc5[nH]c(cc1n2)c(CCC=O)c5C)C(CC)=C4C)c(CC)c3C. The lowest BCUT2D eigenvalue weighted by Gasteiger charge is -2.02. The van der Waals surface area contributed by atoms with Crippen LogP contribution in [-0.4, -0.2) is 26.2 Å². The van der Waals surface area contributed by atoms with Crippen molar-refractivity contribution >= 4 is 50.6 Å². The van der Waals surface area contributed by atoms with Gasteiger partial charge in [0.2, 0.25) is 0 Å². The third kappa shape index (κ3) is 4.69. The van der Waals surface area contributed by atoms with E-state index in [-0.39, 0.29) is 0 Å². The highest BCUT2D eigenvalue weighted by Gasteiger charge is 2.20. The first-order valence-corrected chi connectivity index (χ1v) is 14.4. The van der Waals surface area contributed by atoms with Gasteiger partial charge in [-0.25, -0.2) is 9.97 Å². The maximum atomic E-state index is 11.3. The summed E-state index contributed by atoms with van der Waals surface area (Å²) in [7, 11) is 0. The van der Waals surface area contributed by atoms with Crippen molar-refractivity contribution in [1.82, 2.24) is 19.9 Å². The van der Waals surface area contributed by atoms with Crippen LogP contribution in [0.5, 0.6) is 0 Å². The van der Waals surface area contributed by atoms with Crippen molar-refractivity contribution < 1.29 is 4.79 Å². The maximum absolute atomic E-state index is 11.3. The van der Waals surface area contributed by atoms with Crippen molar-refractivity contribution in [2.24, 2.45) is 0 Å². The first-order valence-electron chi connectivity index (χ1n) is 14.4. The molecule has 0 aromatic carbocycles. The molecule has 39 heavy (non-hydrogen) atoms. The molecule has 0 unspecified atom stereocenters. The zero-order valence-corrected chi connectivity index (χ0v) is 24.4. The number of hydrogen-bond acceptors (Lipinski definition) is 3. The normalized spacial score (nSPS) is 13.5. The summed E-state index contributed by atoms with van der Waals surface area (Å²) in [5.74, 6) is 0. The van der Waals surface area contributed by atoms with Crippen molar-refractivity contribution in [3.05, 3.63) is 69.3 Å². The van der Waals surface area contributed by atoms with E-state index in [4.69, 9.17) is 9.97 Å². The number of aryl methyl sites for hydroxylation is 4. The molecule has 0 atom stereocenters. The smallest absolute Gasteiger partial charge is 0.120 e. The Labute approximate surface area is 231 Å². The topological polar surface area (TPSA) is 74.4 Å². The number of nitrogens with zero attached hydrogens (tertiary/aromatic N) is 2. The van der Waals surface area contributed by atoms with Gasteiger partial charge in [0.25, 0.3) is 0 Å². The molecule has 3 aromatic rings. The van der Waals surface area contributed by atoms with Gasteiger partial charge in [-0.3, -0.25) is 0 Å². The average Bonchev–Trinajstić information content (AvgIpc) is 3.57. The third-order valence-electron chi connectivity index (χ3n) is 8.52. The summed E-state index contributed by atoms with van der Waals surface area (Å²) in [6, 6.07) is 8.81. The van der Waals surface area contributed by atoms with E-state index in [0.29, 0.717) is 12.8 Å². The number of aromatic amines is 2. The summed E-state index contributed by atoms with van der Waals surface area (Å²) in [4.78, 5) is 29.1. The minimum Gasteiger partial charge on any atom is -0.355 e. The molecule has 3 aromatic heterocycles. The number of aromatic nitrogens is 4. The first kappa shape index (κ1) is 26.9. The summed E-state index contributed by atoms with van der Waals surface area (Å²) in [5.41, 5.74) is 18.3. The van der Waals surface area contributed by atoms with E-state index in [0.717, 1.165) is 76.8 Å². The van der Waals surface area contributed by atoms with Crippen LogP contribution in [0.3, 0.4) is 0 Å². The van der Waals surface area contributed by atoms with Gasteiger partial charge in [0, 0.05) is 28.5 Å². The van der Waals surface area contributed by atoms with Crippen molar-refractivity contribution in [3.63, 3.8) is 0 Å². The molecule has 5 heteroatoms. The molecular weight excluding hydrogens is 480 g/mol. The highest BCUT2D eigenvalue weighted by atomic mass is 16.1. The van der Waals surface area contributed by atoms with Crippen LogP contribution in [-0.2, 0) is 17.6 Å². The minimum absolute atomic E-state index is 0.494. The Kier molecular flexibility index (Phi) is 7.44. The number of nitrogens with one attached hydrogen (secondary N) is 2. The number of carbonyl (C=O) groups is 1. The van der Waals surface area contributed by atoms with Crippen LogP contribution in [0.25, 0.3) is 44.4 Å². The largest absolute Gasteiger partial charge is 0.355 e. The summed E-state index contributed by atoms with van der Waals surface area (Å²) < 4.78 is 0. The Hall–Kier alpha value is -3.73. The van der Waals surface area contributed by atoms with E-state index in [1.54, 1.807) is 0 Å². The van der Waals surface area contributed by atoms with Gasteiger partial charge in [-0.15, -0.1) is 0 Å². The highest BCUT2D eigenvalue weighted by Crippen LogP contribution is 2.36. The number of aldehydes is 1. The molecule has 2 N–H and O–H groups in total. The number of fused-ring (bicyclic) bond motifs is 8. The summed E-state index contributed by atoms with van der Waals surface area (Å²) in [6.45, 7) is 15.4. The number of allylic oxidation sites excluding steroid dienone is 4. The second-order valence-corrected chi connectivity index (χ2v) is 10.8. The standard InChI is InChI=1S/C34H40N4O/c1-8-12-25-21(6)28-15-27-19(4)23(9-2)31(35-27)16-29-20(5)24(10-3)32(36-29)17-30-22(7)26(13-11-14-39)34(38-30)18-33(25)37-28/h14-18,35,38H,8-13H2,1-7H3. The molecule has 2 aliphatic heterocycles. The molecule has 0 radical (unpaired) electrons. The number of carbonyl (C=O) groups excluding carboxylic acids is 1. The number of H-pyrrole nitrogens is 2. The van der Waals surface area contributed by atoms with Crippen LogP contribution >= 0.6 is 0 Å². The van der Waals surface area contributed by atoms with Crippen molar-refractivity contribution in [2.75, 3.05) is 0 Å². The Balaban J connectivity index is 1.96. The van der Waals surface area contributed by atoms with Gasteiger partial charge in [-0.1, -0.05) is 27.2 Å². The average molecular weight is 521 g/mol. The predicted octanol–water partition coefficient (Wildman–Crippen LogP) is 8.70. The van der Waals surface area contributed by atoms with Gasteiger partial charge in [0.05, 0.1) is 22.8 Å². The van der Waals surface area contributed by atoms with Gasteiger partial charge < -0.3 is 14.8 Å². The van der Waals surface area contributed by atoms with Gasteiger partial charge in [0.15, 0.2) is 0 Å². The fourth-order valence-corrected chi connectivity index (χ4v) is 6.21. The van der Waals surface area contributed by atoms with E-state index in [9.17, 15) is 4.79 Å². The number of rotatable bonds is 7. The van der Waals surface area contributed by atoms with Gasteiger partial charge in [-0.05, 0) is 122 Å². The molecule has 8 bridgehead atoms. The quantitative estimate of drug-likeness (QED) is 0.306. The molecule has 2 aliphatic rings. The monoisotopic (exact) mass is 520 g/mol. The molecule has 0 spiro atoms. The molecule has 0 amide bonds. The Bertz CT molecular complexity index is 1690. The Morgan fingerprint density at radius 3 is 1.74 bits per heavy atom. The van der Waals surface area contributed by atoms with E-state index in [2.05, 4.69) is 82.7 Å². The molecule has 202 valence electrons. The third-order valence-corrected chi connectivity index (χ3v) is 8.52. The van der Waals surface area contributed by atoms with E-state index < -0.39 is 0 Å². The van der Waals surface area contributed by atoms with E-state index >= 15 is 0 Å². The molecule has 5 nitrogen and oxygen atoms in total. The van der Waals surface area contributed by atoms with Crippen LogP contribution in [0.1, 0.15) is 105 Å². The van der Waals surface area contributed by atoms with Crippen LogP contribution in [0, 0.1) is 13.8 Å². The second-order valence-electron chi connectivity index (χ2n) is 10.8. The highest BCUT2D eigenvalue weighted by molar-refractivity contribution is 5.94. The molecule has 5 heterocycles. The fraction of sp³-hybridized carbons (Fsp3) is 0.382. The van der Waals surface area contributed by atoms with Crippen LogP contribution in [0.15, 0.2) is 24.3 Å². The van der Waals surface area contributed by atoms with Crippen molar-refractivity contribution in [1.29, 1.82) is 0 Å². The lowest BCUT2D eigenvalue weighted by molar-refractivity contribution is -0.107. The van der Waals surface area contributed by atoms with Crippen LogP contribution < -0.4 is 0 Å². The Morgan fingerprint density at radius 2 is 1.15 bits per heavy atom. The molecule has 0 fully saturated rings. The zero-order chi connectivity index (χ0) is 27.8. The molecule has 5 rings (SSSR count). The first-order chi connectivity index (χ1) is 18.8. The lowest BCUT2D eigenvalue weighted by Crippen LogP contribution is -1.88. The summed E-state index contributed by atoms with van der Waals surface area (Å²) in [5, 5.41) is 0. The number of hydrogen-bond donors (Lipinski definition) is 2. The molecule has 0 aliphatic carbocycles. The maximum Gasteiger partial charge on any atom is 0.120 e. The zero-order valence-electron chi connectivity index (χ0n) is 24.4. The van der Waals surface area contributed by atoms with Gasteiger partial charge >= 0.3 is 0 Å². The van der Waals surface area contributed by atoms with Crippen LogP contribution in [0.4, 0.5) is 0 Å². The molecular formula is C34H40N4O. The second kappa shape index (κ2) is 10.8. The summed E-state index contributed by atoms with van der Waals surface area (Å²) >= 11 is 0. The Morgan fingerprint density at radius 1 is 0.641 bits per heavy atom. The predicted molar refractivity (Wildman–Crippen MR) is 164 cm³/mol. The lowest BCUT2D eigenvalue weighted by atomic mass is 10.0. The van der Waals surface area contributed by atoms with E-state index in [1.165, 1.54) is 44.5 Å². The van der Waals surface area contributed by atoms with E-state index in [1.807, 2.05) is 0 Å². The fourth-order valence-electron chi connectivity index (χ4n) is 6.21. The minimum atomic E-state index is 0.494. The van der Waals surface area contributed by atoms with Crippen molar-refractivity contribution in [3.8, 4) is 0 Å².